The van der Waals surface area contributed by atoms with Crippen LogP contribution in [0.3, 0.4) is 0 Å². The zero-order valence-corrected chi connectivity index (χ0v) is 10.6. The van der Waals surface area contributed by atoms with E-state index in [1.165, 1.54) is 6.20 Å². The van der Waals surface area contributed by atoms with Crippen molar-refractivity contribution in [2.24, 2.45) is 0 Å². The second-order valence-electron chi connectivity index (χ2n) is 3.93. The molecule has 0 fully saturated rings. The average Bonchev–Trinajstić information content (AvgIpc) is 2.74. The molecule has 0 saturated carbocycles. The molecule has 0 aliphatic heterocycles. The Kier molecular flexibility index (Phi) is 3.67. The maximum absolute atomic E-state index is 11.0. The third-order valence-corrected chi connectivity index (χ3v) is 2.90. The van der Waals surface area contributed by atoms with E-state index in [1.54, 1.807) is 28.9 Å². The Hall–Kier alpha value is -1.81. The van der Waals surface area contributed by atoms with E-state index in [2.05, 4.69) is 5.10 Å². The summed E-state index contributed by atoms with van der Waals surface area (Å²) >= 11 is 5.82. The zero-order chi connectivity index (χ0) is 13.1. The van der Waals surface area contributed by atoms with Crippen LogP contribution in [0, 0.1) is 0 Å². The van der Waals surface area contributed by atoms with Crippen LogP contribution in [-0.2, 0) is 6.42 Å². The number of carboxylic acid groups (broad SMARTS) is 1. The number of aromatic nitrogens is 2. The van der Waals surface area contributed by atoms with E-state index in [0.717, 1.165) is 12.1 Å². The maximum atomic E-state index is 11.0. The van der Waals surface area contributed by atoms with Gasteiger partial charge in [-0.2, -0.15) is 5.10 Å². The molecular weight excluding hydrogens is 252 g/mol. The molecule has 0 unspecified atom stereocenters. The van der Waals surface area contributed by atoms with Crippen LogP contribution >= 0.6 is 11.6 Å². The lowest BCUT2D eigenvalue weighted by Gasteiger charge is -2.09. The number of nitrogens with zero attached hydrogens (tertiary/aromatic N) is 2. The van der Waals surface area contributed by atoms with Gasteiger partial charge in [-0.3, -0.25) is 0 Å². The fraction of sp³-hybridized carbons (Fsp3) is 0.231. The monoisotopic (exact) mass is 263 g/mol. The van der Waals surface area contributed by atoms with E-state index >= 15 is 0 Å². The lowest BCUT2D eigenvalue weighted by molar-refractivity contribution is -0.255. The van der Waals surface area contributed by atoms with Crippen molar-refractivity contribution in [3.63, 3.8) is 0 Å². The highest BCUT2D eigenvalue weighted by Crippen LogP contribution is 2.18. The molecular formula is C13H12ClN2O2-. The fourth-order valence-corrected chi connectivity index (χ4v) is 1.95. The zero-order valence-electron chi connectivity index (χ0n) is 9.89. The van der Waals surface area contributed by atoms with E-state index in [9.17, 15) is 9.90 Å². The van der Waals surface area contributed by atoms with Gasteiger partial charge in [0.15, 0.2) is 0 Å². The van der Waals surface area contributed by atoms with Gasteiger partial charge in [0, 0.05) is 10.6 Å². The van der Waals surface area contributed by atoms with E-state index in [-0.39, 0.29) is 5.56 Å². The molecule has 0 N–H and O–H groups in total. The van der Waals surface area contributed by atoms with Gasteiger partial charge in [-0.05, 0) is 30.7 Å². The van der Waals surface area contributed by atoms with Crippen molar-refractivity contribution in [1.29, 1.82) is 0 Å². The van der Waals surface area contributed by atoms with Crippen LogP contribution in [-0.4, -0.2) is 15.7 Å². The van der Waals surface area contributed by atoms with Gasteiger partial charge < -0.3 is 9.90 Å². The van der Waals surface area contributed by atoms with Crippen molar-refractivity contribution in [2.45, 2.75) is 19.8 Å². The minimum atomic E-state index is -1.20. The highest BCUT2D eigenvalue weighted by atomic mass is 35.5. The van der Waals surface area contributed by atoms with Gasteiger partial charge in [-0.15, -0.1) is 0 Å². The number of halogens is 1. The number of hydrogen-bond acceptors (Lipinski definition) is 3. The first-order valence-electron chi connectivity index (χ1n) is 5.67. The van der Waals surface area contributed by atoms with Crippen molar-refractivity contribution < 1.29 is 9.90 Å². The first kappa shape index (κ1) is 12.6. The second kappa shape index (κ2) is 5.23. The van der Waals surface area contributed by atoms with E-state index < -0.39 is 5.97 Å². The molecule has 0 amide bonds. The van der Waals surface area contributed by atoms with Gasteiger partial charge in [0.25, 0.3) is 0 Å². The van der Waals surface area contributed by atoms with Gasteiger partial charge in [0.1, 0.15) is 0 Å². The molecule has 1 aromatic carbocycles. The molecule has 18 heavy (non-hydrogen) atoms. The summed E-state index contributed by atoms with van der Waals surface area (Å²) in [6.45, 7) is 1.98. The van der Waals surface area contributed by atoms with Crippen molar-refractivity contribution in [1.82, 2.24) is 9.78 Å². The molecule has 0 atom stereocenters. The number of carbonyl (C=O) groups is 1. The number of aromatic carboxylic acids is 1. The standard InChI is InChI=1S/C13H13ClN2O2/c1-2-3-12-11(13(17)18)8-15-16(12)10-6-4-9(14)5-7-10/h4-8H,2-3H2,1H3,(H,17,18)/p-1. The topological polar surface area (TPSA) is 57.9 Å². The normalized spacial score (nSPS) is 10.6. The lowest BCUT2D eigenvalue weighted by atomic mass is 10.1. The van der Waals surface area contributed by atoms with Gasteiger partial charge in [0.05, 0.1) is 23.5 Å². The molecule has 1 aromatic heterocycles. The molecule has 2 rings (SSSR count). The molecule has 4 nitrogen and oxygen atoms in total. The first-order chi connectivity index (χ1) is 8.63. The summed E-state index contributed by atoms with van der Waals surface area (Å²) in [5, 5.41) is 15.7. The predicted octanol–water partition coefficient (Wildman–Crippen LogP) is 1.84. The smallest absolute Gasteiger partial charge is 0.0749 e. The SMILES string of the molecule is CCCc1c(C(=O)[O-])cnn1-c1ccc(Cl)cc1. The molecule has 0 bridgehead atoms. The molecule has 0 spiro atoms. The van der Waals surface area contributed by atoms with Gasteiger partial charge in [-0.25, -0.2) is 4.68 Å². The lowest BCUT2D eigenvalue weighted by Crippen LogP contribution is -2.23. The molecule has 0 aliphatic carbocycles. The Morgan fingerprint density at radius 1 is 1.39 bits per heavy atom. The van der Waals surface area contributed by atoms with Crippen molar-refractivity contribution >= 4 is 17.6 Å². The maximum Gasteiger partial charge on any atom is 0.0749 e. The number of benzene rings is 1. The molecule has 0 saturated heterocycles. The largest absolute Gasteiger partial charge is 0.545 e. The molecule has 5 heteroatoms. The van der Waals surface area contributed by atoms with E-state index in [0.29, 0.717) is 17.1 Å². The summed E-state index contributed by atoms with van der Waals surface area (Å²) in [6.07, 6.45) is 2.79. The van der Waals surface area contributed by atoms with Crippen molar-refractivity contribution in [3.8, 4) is 5.69 Å². The van der Waals surface area contributed by atoms with Crippen molar-refractivity contribution in [3.05, 3.63) is 46.7 Å². The Labute approximate surface area is 110 Å². The third kappa shape index (κ3) is 2.38. The van der Waals surface area contributed by atoms with Crippen LogP contribution in [0.2, 0.25) is 5.02 Å². The highest BCUT2D eigenvalue weighted by molar-refractivity contribution is 6.30. The van der Waals surface area contributed by atoms with Crippen LogP contribution in [0.25, 0.3) is 5.69 Å². The summed E-state index contributed by atoms with van der Waals surface area (Å²) in [6, 6.07) is 7.08. The first-order valence-corrected chi connectivity index (χ1v) is 6.05. The van der Waals surface area contributed by atoms with Gasteiger partial charge in [-0.1, -0.05) is 24.9 Å². The van der Waals surface area contributed by atoms with Crippen LogP contribution in [0.5, 0.6) is 0 Å². The number of carboxylic acids is 1. The van der Waals surface area contributed by atoms with Crippen LogP contribution < -0.4 is 5.11 Å². The average molecular weight is 264 g/mol. The number of hydrogen-bond donors (Lipinski definition) is 0. The predicted molar refractivity (Wildman–Crippen MR) is 66.9 cm³/mol. The Morgan fingerprint density at radius 3 is 2.61 bits per heavy atom. The van der Waals surface area contributed by atoms with Crippen LogP contribution in [0.1, 0.15) is 29.4 Å². The van der Waals surface area contributed by atoms with Gasteiger partial charge in [0.2, 0.25) is 0 Å². The number of rotatable bonds is 4. The quantitative estimate of drug-likeness (QED) is 0.846. The van der Waals surface area contributed by atoms with Crippen molar-refractivity contribution in [2.75, 3.05) is 0 Å². The Balaban J connectivity index is 2.50. The summed E-state index contributed by atoms with van der Waals surface area (Å²) in [5.41, 5.74) is 1.59. The minimum absolute atomic E-state index is 0.145. The van der Waals surface area contributed by atoms with E-state index in [4.69, 9.17) is 11.6 Å². The summed E-state index contributed by atoms with van der Waals surface area (Å²) in [5.74, 6) is -1.20. The summed E-state index contributed by atoms with van der Waals surface area (Å²) in [4.78, 5) is 11.0. The molecule has 1 heterocycles. The van der Waals surface area contributed by atoms with Crippen LogP contribution in [0.4, 0.5) is 0 Å². The molecule has 0 aliphatic rings. The summed E-state index contributed by atoms with van der Waals surface area (Å²) < 4.78 is 1.62. The Morgan fingerprint density at radius 2 is 2.06 bits per heavy atom. The molecule has 0 radical (unpaired) electrons. The third-order valence-electron chi connectivity index (χ3n) is 2.65. The van der Waals surface area contributed by atoms with Gasteiger partial charge >= 0.3 is 0 Å². The molecule has 94 valence electrons. The fourth-order valence-electron chi connectivity index (χ4n) is 1.83. The Bertz CT molecular complexity index is 561. The van der Waals surface area contributed by atoms with E-state index in [1.807, 2.05) is 6.92 Å². The number of carbonyl (C=O) groups excluding carboxylic acids is 1. The minimum Gasteiger partial charge on any atom is -0.545 e. The van der Waals surface area contributed by atoms with Crippen LogP contribution in [0.15, 0.2) is 30.5 Å². The summed E-state index contributed by atoms with van der Waals surface area (Å²) in [7, 11) is 0. The second-order valence-corrected chi connectivity index (χ2v) is 4.37. The highest BCUT2D eigenvalue weighted by Gasteiger charge is 2.12. The molecule has 2 aromatic rings.